The van der Waals surface area contributed by atoms with Gasteiger partial charge in [-0.05, 0) is 48.6 Å². The smallest absolute Gasteiger partial charge is 0.118 e. The minimum atomic E-state index is -0.701. The minimum Gasteiger partial charge on any atom is -0.497 e. The molecule has 2 rings (SSSR count). The Hall–Kier alpha value is -1.54. The summed E-state index contributed by atoms with van der Waals surface area (Å²) in [5.74, 6) is 0.765. The van der Waals surface area contributed by atoms with Gasteiger partial charge in [-0.1, -0.05) is 18.6 Å². The molecule has 0 heterocycles. The van der Waals surface area contributed by atoms with Gasteiger partial charge in [0.15, 0.2) is 0 Å². The molecule has 1 fully saturated rings. The first-order valence-corrected chi connectivity index (χ1v) is 6.66. The summed E-state index contributed by atoms with van der Waals surface area (Å²) in [6.45, 7) is 0. The van der Waals surface area contributed by atoms with E-state index in [2.05, 4.69) is 5.73 Å². The summed E-state index contributed by atoms with van der Waals surface area (Å²) in [7, 11) is 1.61. The standard InChI is InChI=1S/C16H20O3/c1-19-14-9-6-13(7-10-14)16(18)11-8-12-4-2-3-5-15(12)17/h6-7,9-11,15-18H,2-5H2,1H3/t8?,15-,16?/m0/s1. The summed E-state index contributed by atoms with van der Waals surface area (Å²) in [5, 5.41) is 19.9. The first kappa shape index (κ1) is 13.9. The molecular formula is C16H20O3. The molecule has 19 heavy (non-hydrogen) atoms. The lowest BCUT2D eigenvalue weighted by atomic mass is 9.92. The molecule has 1 saturated carbocycles. The molecule has 102 valence electrons. The van der Waals surface area contributed by atoms with Crippen molar-refractivity contribution in [3.63, 3.8) is 0 Å². The number of hydrogen-bond acceptors (Lipinski definition) is 3. The van der Waals surface area contributed by atoms with Crippen LogP contribution in [0.1, 0.15) is 37.4 Å². The number of methoxy groups -OCH3 is 1. The van der Waals surface area contributed by atoms with Crippen molar-refractivity contribution in [2.75, 3.05) is 7.11 Å². The molecule has 2 atom stereocenters. The van der Waals surface area contributed by atoms with E-state index in [9.17, 15) is 10.2 Å². The van der Waals surface area contributed by atoms with E-state index in [4.69, 9.17) is 4.74 Å². The van der Waals surface area contributed by atoms with Gasteiger partial charge < -0.3 is 14.9 Å². The second-order valence-corrected chi connectivity index (χ2v) is 4.82. The van der Waals surface area contributed by atoms with Crippen LogP contribution in [0.15, 0.2) is 41.6 Å². The van der Waals surface area contributed by atoms with Crippen LogP contribution in [0.3, 0.4) is 0 Å². The fourth-order valence-electron chi connectivity index (χ4n) is 2.25. The zero-order valence-electron chi connectivity index (χ0n) is 11.2. The monoisotopic (exact) mass is 260 g/mol. The molecule has 0 aromatic heterocycles. The molecule has 0 bridgehead atoms. The Morgan fingerprint density at radius 2 is 2.05 bits per heavy atom. The average molecular weight is 260 g/mol. The van der Waals surface area contributed by atoms with Crippen LogP contribution in [0, 0.1) is 0 Å². The molecule has 0 amide bonds. The summed E-state index contributed by atoms with van der Waals surface area (Å²) < 4.78 is 5.07. The van der Waals surface area contributed by atoms with Crippen LogP contribution in [-0.4, -0.2) is 23.4 Å². The Balaban J connectivity index is 2.10. The van der Waals surface area contributed by atoms with E-state index in [1.54, 1.807) is 13.2 Å². The quantitative estimate of drug-likeness (QED) is 0.822. The normalized spacial score (nSPS) is 20.6. The predicted octanol–water partition coefficient (Wildman–Crippen LogP) is 2.75. The first-order valence-electron chi connectivity index (χ1n) is 6.66. The fourth-order valence-corrected chi connectivity index (χ4v) is 2.25. The van der Waals surface area contributed by atoms with E-state index in [-0.39, 0.29) is 0 Å². The third-order valence-electron chi connectivity index (χ3n) is 3.46. The number of benzene rings is 1. The molecule has 1 aromatic carbocycles. The van der Waals surface area contributed by atoms with Gasteiger partial charge in [0.1, 0.15) is 11.9 Å². The summed E-state index contributed by atoms with van der Waals surface area (Å²) >= 11 is 0. The van der Waals surface area contributed by atoms with Crippen molar-refractivity contribution < 1.29 is 14.9 Å². The molecule has 1 aliphatic rings. The van der Waals surface area contributed by atoms with Crippen molar-refractivity contribution in [1.29, 1.82) is 0 Å². The summed E-state index contributed by atoms with van der Waals surface area (Å²) in [5.41, 5.74) is 4.75. The van der Waals surface area contributed by atoms with Gasteiger partial charge in [0.25, 0.3) is 0 Å². The average Bonchev–Trinajstić information content (AvgIpc) is 2.46. The first-order chi connectivity index (χ1) is 9.20. The summed E-state index contributed by atoms with van der Waals surface area (Å²) in [6.07, 6.45) is 4.34. The lowest BCUT2D eigenvalue weighted by molar-refractivity contribution is 0.178. The SMILES string of the molecule is COc1ccc(C(O)C=C=C2CCCC[C@@H]2O)cc1. The molecule has 1 unspecified atom stereocenters. The molecule has 3 heteroatoms. The van der Waals surface area contributed by atoms with Gasteiger partial charge in [0, 0.05) is 0 Å². The predicted molar refractivity (Wildman–Crippen MR) is 74.0 cm³/mol. The Labute approximate surface area is 113 Å². The fraction of sp³-hybridized carbons (Fsp3) is 0.438. The maximum Gasteiger partial charge on any atom is 0.118 e. The van der Waals surface area contributed by atoms with Crippen molar-refractivity contribution in [3.8, 4) is 5.75 Å². The Morgan fingerprint density at radius 3 is 2.68 bits per heavy atom. The van der Waals surface area contributed by atoms with Crippen LogP contribution in [-0.2, 0) is 0 Å². The number of hydrogen-bond donors (Lipinski definition) is 2. The van der Waals surface area contributed by atoms with E-state index in [0.717, 1.165) is 42.6 Å². The highest BCUT2D eigenvalue weighted by Crippen LogP contribution is 2.23. The molecular weight excluding hydrogens is 240 g/mol. The van der Waals surface area contributed by atoms with E-state index >= 15 is 0 Å². The lowest BCUT2D eigenvalue weighted by Crippen LogP contribution is -2.14. The van der Waals surface area contributed by atoms with Crippen molar-refractivity contribution in [3.05, 3.63) is 47.2 Å². The molecule has 0 aliphatic heterocycles. The molecule has 2 N–H and O–H groups in total. The van der Waals surface area contributed by atoms with Crippen molar-refractivity contribution >= 4 is 0 Å². The third-order valence-corrected chi connectivity index (χ3v) is 3.46. The van der Waals surface area contributed by atoms with E-state index < -0.39 is 12.2 Å². The number of rotatable bonds is 3. The van der Waals surface area contributed by atoms with Crippen LogP contribution in [0.25, 0.3) is 0 Å². The maximum absolute atomic E-state index is 10.0. The number of aliphatic hydroxyl groups excluding tert-OH is 2. The molecule has 1 aliphatic carbocycles. The molecule has 0 spiro atoms. The Morgan fingerprint density at radius 1 is 1.32 bits per heavy atom. The van der Waals surface area contributed by atoms with Crippen LogP contribution in [0.2, 0.25) is 0 Å². The van der Waals surface area contributed by atoms with Crippen molar-refractivity contribution in [2.24, 2.45) is 0 Å². The highest BCUT2D eigenvalue weighted by atomic mass is 16.5. The van der Waals surface area contributed by atoms with Gasteiger partial charge in [0.2, 0.25) is 0 Å². The lowest BCUT2D eigenvalue weighted by Gasteiger charge is -2.18. The zero-order chi connectivity index (χ0) is 13.7. The van der Waals surface area contributed by atoms with Gasteiger partial charge >= 0.3 is 0 Å². The molecule has 1 aromatic rings. The van der Waals surface area contributed by atoms with Crippen LogP contribution < -0.4 is 4.74 Å². The Bertz CT molecular complexity index is 469. The van der Waals surface area contributed by atoms with Gasteiger partial charge in [-0.25, -0.2) is 0 Å². The van der Waals surface area contributed by atoms with E-state index in [1.807, 2.05) is 24.3 Å². The second-order valence-electron chi connectivity index (χ2n) is 4.82. The topological polar surface area (TPSA) is 49.7 Å². The van der Waals surface area contributed by atoms with Crippen molar-refractivity contribution in [2.45, 2.75) is 37.9 Å². The van der Waals surface area contributed by atoms with E-state index in [1.165, 1.54) is 0 Å². The van der Waals surface area contributed by atoms with Gasteiger partial charge in [-0.2, -0.15) is 0 Å². The number of ether oxygens (including phenoxy) is 1. The van der Waals surface area contributed by atoms with Gasteiger partial charge in [0.05, 0.1) is 13.2 Å². The zero-order valence-corrected chi connectivity index (χ0v) is 11.2. The van der Waals surface area contributed by atoms with Crippen LogP contribution in [0.5, 0.6) is 5.75 Å². The highest BCUT2D eigenvalue weighted by Gasteiger charge is 2.15. The van der Waals surface area contributed by atoms with Crippen molar-refractivity contribution in [1.82, 2.24) is 0 Å². The third kappa shape index (κ3) is 3.71. The van der Waals surface area contributed by atoms with Gasteiger partial charge in [-0.3, -0.25) is 0 Å². The Kier molecular flexibility index (Phi) is 4.80. The van der Waals surface area contributed by atoms with Crippen LogP contribution in [0.4, 0.5) is 0 Å². The second kappa shape index (κ2) is 6.58. The van der Waals surface area contributed by atoms with E-state index in [0.29, 0.717) is 0 Å². The molecule has 0 saturated heterocycles. The van der Waals surface area contributed by atoms with Crippen LogP contribution >= 0.6 is 0 Å². The summed E-state index contributed by atoms with van der Waals surface area (Å²) in [6, 6.07) is 7.28. The number of aliphatic hydroxyl groups is 2. The minimum absolute atomic E-state index is 0.395. The summed E-state index contributed by atoms with van der Waals surface area (Å²) in [4.78, 5) is 0. The molecule has 3 nitrogen and oxygen atoms in total. The molecule has 0 radical (unpaired) electrons. The maximum atomic E-state index is 10.0. The van der Waals surface area contributed by atoms with Gasteiger partial charge in [-0.15, -0.1) is 5.73 Å². The highest BCUT2D eigenvalue weighted by molar-refractivity contribution is 5.30. The largest absolute Gasteiger partial charge is 0.497 e.